The van der Waals surface area contributed by atoms with Crippen LogP contribution in [0.2, 0.25) is 5.02 Å². The molecule has 1 aromatic heterocycles. The first-order valence-electron chi connectivity index (χ1n) is 10.7. The van der Waals surface area contributed by atoms with Crippen molar-refractivity contribution in [1.29, 1.82) is 5.26 Å². The van der Waals surface area contributed by atoms with Gasteiger partial charge in [-0.15, -0.1) is 0 Å². The summed E-state index contributed by atoms with van der Waals surface area (Å²) < 4.78 is 0.902. The van der Waals surface area contributed by atoms with Crippen LogP contribution in [0.3, 0.4) is 0 Å². The molecule has 36 heavy (non-hydrogen) atoms. The molecule has 4 rings (SSSR count). The molecule has 178 valence electrons. The van der Waals surface area contributed by atoms with E-state index in [1.165, 1.54) is 6.07 Å². The number of carbonyl (C=O) groups is 2. The van der Waals surface area contributed by atoms with Crippen molar-refractivity contribution in [3.63, 3.8) is 0 Å². The first kappa shape index (κ1) is 24.2. The smallest absolute Gasteiger partial charge is 0.307 e. The highest BCUT2D eigenvalue weighted by Gasteiger charge is 2.21. The quantitative estimate of drug-likeness (QED) is 0.359. The summed E-state index contributed by atoms with van der Waals surface area (Å²) in [5.74, 6) is -0.721. The SMILES string of the molecule is N#Cc1c(-c2ccccc2)c(-c2ccccc2)nn(CC(=O)NNC(=O)Nc2cccc(Cl)c2)c1=O. The van der Waals surface area contributed by atoms with Crippen LogP contribution >= 0.6 is 11.6 Å². The van der Waals surface area contributed by atoms with E-state index in [0.717, 1.165) is 4.68 Å². The Morgan fingerprint density at radius 3 is 2.22 bits per heavy atom. The van der Waals surface area contributed by atoms with Crippen LogP contribution in [0.5, 0.6) is 0 Å². The van der Waals surface area contributed by atoms with Gasteiger partial charge in [-0.25, -0.2) is 14.9 Å². The molecule has 0 unspecified atom stereocenters. The molecule has 0 saturated heterocycles. The Bertz CT molecular complexity index is 1510. The van der Waals surface area contributed by atoms with Crippen LogP contribution in [0.25, 0.3) is 22.4 Å². The molecule has 0 atom stereocenters. The maximum atomic E-state index is 13.1. The number of halogens is 1. The molecule has 1 heterocycles. The summed E-state index contributed by atoms with van der Waals surface area (Å²) in [5, 5.41) is 17.2. The van der Waals surface area contributed by atoms with Crippen molar-refractivity contribution in [2.45, 2.75) is 6.54 Å². The molecule has 0 saturated carbocycles. The van der Waals surface area contributed by atoms with E-state index in [4.69, 9.17) is 11.6 Å². The van der Waals surface area contributed by atoms with E-state index in [0.29, 0.717) is 33.1 Å². The molecule has 10 heteroatoms. The number of carbonyl (C=O) groups excluding carboxylic acids is 2. The molecule has 0 spiro atoms. The molecular weight excluding hydrogens is 480 g/mol. The van der Waals surface area contributed by atoms with Gasteiger partial charge in [0.25, 0.3) is 11.5 Å². The van der Waals surface area contributed by atoms with E-state index in [9.17, 15) is 19.6 Å². The Hall–Kier alpha value is -4.94. The number of hydrogen-bond donors (Lipinski definition) is 3. The highest BCUT2D eigenvalue weighted by molar-refractivity contribution is 6.30. The van der Waals surface area contributed by atoms with Gasteiger partial charge in [-0.05, 0) is 23.8 Å². The van der Waals surface area contributed by atoms with Gasteiger partial charge in [0.15, 0.2) is 0 Å². The fourth-order valence-electron chi connectivity index (χ4n) is 3.50. The number of nitriles is 1. The first-order chi connectivity index (χ1) is 17.5. The first-order valence-corrected chi connectivity index (χ1v) is 11.1. The van der Waals surface area contributed by atoms with Gasteiger partial charge in [0, 0.05) is 21.8 Å². The van der Waals surface area contributed by atoms with Gasteiger partial charge in [0.2, 0.25) is 0 Å². The molecule has 0 aliphatic heterocycles. The number of aromatic nitrogens is 2. The van der Waals surface area contributed by atoms with E-state index >= 15 is 0 Å². The van der Waals surface area contributed by atoms with E-state index in [-0.39, 0.29) is 5.56 Å². The van der Waals surface area contributed by atoms with E-state index in [1.54, 1.807) is 54.6 Å². The molecule has 0 bridgehead atoms. The topological polar surface area (TPSA) is 129 Å². The lowest BCUT2D eigenvalue weighted by molar-refractivity contribution is -0.122. The third-order valence-corrected chi connectivity index (χ3v) is 5.30. The van der Waals surface area contributed by atoms with E-state index in [1.807, 2.05) is 30.3 Å². The van der Waals surface area contributed by atoms with Gasteiger partial charge in [-0.3, -0.25) is 15.0 Å². The van der Waals surface area contributed by atoms with Gasteiger partial charge in [0.1, 0.15) is 23.9 Å². The minimum atomic E-state index is -0.727. The average molecular weight is 499 g/mol. The minimum absolute atomic E-state index is 0.144. The van der Waals surface area contributed by atoms with Crippen molar-refractivity contribution in [1.82, 2.24) is 20.6 Å². The lowest BCUT2D eigenvalue weighted by Crippen LogP contribution is -2.46. The van der Waals surface area contributed by atoms with Crippen LogP contribution in [0.1, 0.15) is 5.56 Å². The number of hydrogen-bond acceptors (Lipinski definition) is 5. The molecule has 3 amide bonds. The fraction of sp³-hybridized carbons (Fsp3) is 0.0385. The predicted molar refractivity (Wildman–Crippen MR) is 136 cm³/mol. The summed E-state index contributed by atoms with van der Waals surface area (Å²) >= 11 is 5.89. The van der Waals surface area contributed by atoms with Crippen LogP contribution in [-0.2, 0) is 11.3 Å². The van der Waals surface area contributed by atoms with Crippen LogP contribution in [0.4, 0.5) is 10.5 Å². The molecule has 0 aliphatic rings. The monoisotopic (exact) mass is 498 g/mol. The summed E-state index contributed by atoms with van der Waals surface area (Å²) in [6.07, 6.45) is 0. The van der Waals surface area contributed by atoms with Crippen LogP contribution in [0.15, 0.2) is 89.7 Å². The highest BCUT2D eigenvalue weighted by atomic mass is 35.5. The van der Waals surface area contributed by atoms with Crippen LogP contribution in [-0.4, -0.2) is 21.7 Å². The number of amides is 3. The predicted octanol–water partition coefficient (Wildman–Crippen LogP) is 3.96. The van der Waals surface area contributed by atoms with Crippen LogP contribution < -0.4 is 21.7 Å². The minimum Gasteiger partial charge on any atom is -0.307 e. The number of nitrogens with one attached hydrogen (secondary N) is 3. The van der Waals surface area contributed by atoms with Crippen LogP contribution in [0, 0.1) is 11.3 Å². The number of hydrazine groups is 1. The molecule has 3 N–H and O–H groups in total. The molecule has 4 aromatic rings. The Balaban J connectivity index is 1.60. The largest absolute Gasteiger partial charge is 0.337 e. The number of benzene rings is 3. The second-order valence-electron chi connectivity index (χ2n) is 7.54. The Morgan fingerprint density at radius 1 is 0.917 bits per heavy atom. The van der Waals surface area contributed by atoms with Gasteiger partial charge in [0.05, 0.1) is 0 Å². The van der Waals surface area contributed by atoms with Crippen molar-refractivity contribution in [2.24, 2.45) is 0 Å². The van der Waals surface area contributed by atoms with Crippen molar-refractivity contribution in [3.8, 4) is 28.5 Å². The summed E-state index contributed by atoms with van der Waals surface area (Å²) in [6.45, 7) is -0.528. The zero-order valence-electron chi connectivity index (χ0n) is 18.7. The van der Waals surface area contributed by atoms with Gasteiger partial charge >= 0.3 is 6.03 Å². The summed E-state index contributed by atoms with van der Waals surface area (Å²) in [7, 11) is 0. The molecule has 3 aromatic carbocycles. The lowest BCUT2D eigenvalue weighted by Gasteiger charge is -2.15. The third-order valence-electron chi connectivity index (χ3n) is 5.07. The average Bonchev–Trinajstić information content (AvgIpc) is 2.89. The Morgan fingerprint density at radius 2 is 1.58 bits per heavy atom. The molecule has 9 nitrogen and oxygen atoms in total. The van der Waals surface area contributed by atoms with Crippen molar-refractivity contribution < 1.29 is 9.59 Å². The molecular formula is C26H19ClN6O3. The summed E-state index contributed by atoms with van der Waals surface area (Å²) in [4.78, 5) is 37.7. The summed E-state index contributed by atoms with van der Waals surface area (Å²) in [6, 6.07) is 25.8. The van der Waals surface area contributed by atoms with E-state index in [2.05, 4.69) is 21.3 Å². The maximum Gasteiger partial charge on any atom is 0.337 e. The molecule has 0 fully saturated rings. The van der Waals surface area contributed by atoms with Crippen molar-refractivity contribution in [2.75, 3.05) is 5.32 Å². The van der Waals surface area contributed by atoms with Crippen molar-refractivity contribution in [3.05, 3.63) is 106 Å². The second kappa shape index (κ2) is 11.0. The standard InChI is InChI=1S/C26H19ClN6O3/c27-19-12-7-13-20(14-19)29-26(36)31-30-22(34)16-33-25(35)21(15-28)23(17-8-3-1-4-9-17)24(32-33)18-10-5-2-6-11-18/h1-14H,16H2,(H,30,34)(H2,29,31,36). The second-order valence-corrected chi connectivity index (χ2v) is 7.98. The number of urea groups is 1. The van der Waals surface area contributed by atoms with Gasteiger partial charge in [-0.2, -0.15) is 10.4 Å². The van der Waals surface area contributed by atoms with E-state index < -0.39 is 24.0 Å². The maximum absolute atomic E-state index is 13.1. The van der Waals surface area contributed by atoms with Gasteiger partial charge in [-0.1, -0.05) is 78.3 Å². The van der Waals surface area contributed by atoms with Crippen molar-refractivity contribution >= 4 is 29.2 Å². The lowest BCUT2D eigenvalue weighted by atomic mass is 9.96. The Kier molecular flexibility index (Phi) is 7.39. The zero-order chi connectivity index (χ0) is 25.5. The van der Waals surface area contributed by atoms with Gasteiger partial charge < -0.3 is 5.32 Å². The highest BCUT2D eigenvalue weighted by Crippen LogP contribution is 2.31. The zero-order valence-corrected chi connectivity index (χ0v) is 19.5. The number of nitrogens with zero attached hydrogens (tertiary/aromatic N) is 3. The number of rotatable bonds is 5. The normalized spacial score (nSPS) is 10.2. The molecule has 0 radical (unpaired) electrons. The third kappa shape index (κ3) is 5.58. The number of anilines is 1. The fourth-order valence-corrected chi connectivity index (χ4v) is 3.69. The summed E-state index contributed by atoms with van der Waals surface area (Å²) in [5.41, 5.74) is 6.04. The molecule has 0 aliphatic carbocycles. The Labute approximate surface area is 210 Å².